The summed E-state index contributed by atoms with van der Waals surface area (Å²) in [5.41, 5.74) is 2.98. The monoisotopic (exact) mass is 449 g/mol. The van der Waals surface area contributed by atoms with Crippen LogP contribution in [-0.2, 0) is 11.3 Å². The van der Waals surface area contributed by atoms with Crippen LogP contribution in [0.15, 0.2) is 89.5 Å². The molecule has 3 aromatic rings. The normalized spacial score (nSPS) is 10.7. The van der Waals surface area contributed by atoms with E-state index in [9.17, 15) is 9.59 Å². The van der Waals surface area contributed by atoms with E-state index >= 15 is 0 Å². The molecule has 146 valence electrons. The van der Waals surface area contributed by atoms with Gasteiger partial charge in [-0.1, -0.05) is 58.4 Å². The van der Waals surface area contributed by atoms with Gasteiger partial charge in [0.1, 0.15) is 0 Å². The van der Waals surface area contributed by atoms with Crippen molar-refractivity contribution in [1.82, 2.24) is 4.90 Å². The largest absolute Gasteiger partial charge is 0.465 e. The first-order chi connectivity index (χ1) is 14.1. The van der Waals surface area contributed by atoms with E-state index in [2.05, 4.69) is 15.9 Å². The molecule has 0 unspecified atom stereocenters. The smallest absolute Gasteiger partial charge is 0.337 e. The summed E-state index contributed by atoms with van der Waals surface area (Å²) in [4.78, 5) is 26.3. The molecule has 29 heavy (non-hydrogen) atoms. The third-order valence-electron chi connectivity index (χ3n) is 4.33. The highest BCUT2D eigenvalue weighted by atomic mass is 79.9. The molecule has 0 bridgehead atoms. The van der Waals surface area contributed by atoms with Gasteiger partial charge in [-0.3, -0.25) is 4.79 Å². The molecule has 5 heteroatoms. The molecule has 0 radical (unpaired) electrons. The summed E-state index contributed by atoms with van der Waals surface area (Å²) in [6.07, 6.45) is 3.68. The van der Waals surface area contributed by atoms with Crippen LogP contribution in [0.25, 0.3) is 6.08 Å². The Balaban J connectivity index is 1.84. The highest BCUT2D eigenvalue weighted by molar-refractivity contribution is 9.10. The summed E-state index contributed by atoms with van der Waals surface area (Å²) < 4.78 is 5.73. The second-order valence-electron chi connectivity index (χ2n) is 6.35. The maximum atomic E-state index is 13.0. The Morgan fingerprint density at radius 1 is 0.897 bits per heavy atom. The topological polar surface area (TPSA) is 46.6 Å². The summed E-state index contributed by atoms with van der Waals surface area (Å²) in [5.74, 6) is -0.486. The fourth-order valence-electron chi connectivity index (χ4n) is 2.75. The number of carbonyl (C=O) groups excluding carboxylic acids is 2. The average Bonchev–Trinajstić information content (AvgIpc) is 2.77. The van der Waals surface area contributed by atoms with Crippen LogP contribution < -0.4 is 0 Å². The number of methoxy groups -OCH3 is 1. The molecule has 1 amide bonds. The Kier molecular flexibility index (Phi) is 6.98. The lowest BCUT2D eigenvalue weighted by Gasteiger charge is -2.19. The molecule has 3 rings (SSSR count). The molecule has 0 atom stereocenters. The number of nitrogens with zero attached hydrogens (tertiary/aromatic N) is 1. The number of benzene rings is 3. The number of ether oxygens (including phenoxy) is 1. The van der Waals surface area contributed by atoms with Gasteiger partial charge in [0, 0.05) is 16.2 Å². The number of rotatable bonds is 6. The first kappa shape index (κ1) is 20.6. The maximum Gasteiger partial charge on any atom is 0.337 e. The molecule has 0 heterocycles. The highest BCUT2D eigenvalue weighted by Crippen LogP contribution is 2.15. The molecular formula is C24H20BrNO3. The third kappa shape index (κ3) is 5.65. The van der Waals surface area contributed by atoms with Crippen LogP contribution in [-0.4, -0.2) is 23.9 Å². The Hall–Kier alpha value is -3.18. The molecule has 4 nitrogen and oxygen atoms in total. The Morgan fingerprint density at radius 2 is 1.55 bits per heavy atom. The first-order valence-electron chi connectivity index (χ1n) is 9.04. The number of halogens is 1. The van der Waals surface area contributed by atoms with Crippen molar-refractivity contribution in [3.8, 4) is 0 Å². The standard InChI is InChI=1S/C24H20BrNO3/c1-29-24(28)21-11-7-19(8-12-21)17-26(23(27)20-5-3-2-4-6-20)16-15-18-9-13-22(25)14-10-18/h2-16H,17H2,1H3. The van der Waals surface area contributed by atoms with Gasteiger partial charge in [-0.15, -0.1) is 0 Å². The van der Waals surface area contributed by atoms with Crippen molar-refractivity contribution >= 4 is 33.9 Å². The van der Waals surface area contributed by atoms with E-state index in [1.54, 1.807) is 35.4 Å². The van der Waals surface area contributed by atoms with Gasteiger partial charge in [-0.2, -0.15) is 0 Å². The van der Waals surface area contributed by atoms with Gasteiger partial charge in [-0.05, 0) is 53.6 Å². The summed E-state index contributed by atoms with van der Waals surface area (Å²) in [7, 11) is 1.35. The van der Waals surface area contributed by atoms with Gasteiger partial charge in [0.05, 0.1) is 19.2 Å². The van der Waals surface area contributed by atoms with Crippen LogP contribution in [0, 0.1) is 0 Å². The lowest BCUT2D eigenvalue weighted by atomic mass is 10.1. The van der Waals surface area contributed by atoms with E-state index in [1.165, 1.54) is 7.11 Å². The van der Waals surface area contributed by atoms with E-state index in [1.807, 2.05) is 60.7 Å². The number of carbonyl (C=O) groups is 2. The lowest BCUT2D eigenvalue weighted by Crippen LogP contribution is -2.25. The summed E-state index contributed by atoms with van der Waals surface area (Å²) in [5, 5.41) is 0. The fraction of sp³-hybridized carbons (Fsp3) is 0.0833. The summed E-state index contributed by atoms with van der Waals surface area (Å²) in [6.45, 7) is 0.377. The Labute approximate surface area is 178 Å². The number of esters is 1. The number of hydrogen-bond donors (Lipinski definition) is 0. The van der Waals surface area contributed by atoms with Gasteiger partial charge in [0.25, 0.3) is 5.91 Å². The minimum absolute atomic E-state index is 0.101. The second-order valence-corrected chi connectivity index (χ2v) is 7.27. The van der Waals surface area contributed by atoms with Crippen LogP contribution >= 0.6 is 15.9 Å². The van der Waals surface area contributed by atoms with Crippen molar-refractivity contribution in [3.63, 3.8) is 0 Å². The highest BCUT2D eigenvalue weighted by Gasteiger charge is 2.14. The van der Waals surface area contributed by atoms with Crippen molar-refractivity contribution in [2.45, 2.75) is 6.54 Å². The van der Waals surface area contributed by atoms with Crippen LogP contribution in [0.1, 0.15) is 31.8 Å². The van der Waals surface area contributed by atoms with Crippen LogP contribution in [0.2, 0.25) is 0 Å². The van der Waals surface area contributed by atoms with Crippen LogP contribution in [0.5, 0.6) is 0 Å². The van der Waals surface area contributed by atoms with Crippen molar-refractivity contribution in [1.29, 1.82) is 0 Å². The van der Waals surface area contributed by atoms with Gasteiger partial charge >= 0.3 is 5.97 Å². The van der Waals surface area contributed by atoms with Crippen molar-refractivity contribution in [3.05, 3.63) is 112 Å². The summed E-state index contributed by atoms with van der Waals surface area (Å²) in [6, 6.07) is 24.0. The summed E-state index contributed by atoms with van der Waals surface area (Å²) >= 11 is 3.42. The van der Waals surface area contributed by atoms with Gasteiger partial charge in [0.15, 0.2) is 0 Å². The van der Waals surface area contributed by atoms with E-state index in [-0.39, 0.29) is 11.9 Å². The molecule has 0 N–H and O–H groups in total. The van der Waals surface area contributed by atoms with Crippen molar-refractivity contribution in [2.75, 3.05) is 7.11 Å². The van der Waals surface area contributed by atoms with E-state index < -0.39 is 0 Å². The molecule has 0 aromatic heterocycles. The lowest BCUT2D eigenvalue weighted by molar-refractivity contribution is 0.0600. The molecule has 0 saturated heterocycles. The molecule has 0 aliphatic heterocycles. The average molecular weight is 450 g/mol. The van der Waals surface area contributed by atoms with Crippen LogP contribution in [0.3, 0.4) is 0 Å². The quantitative estimate of drug-likeness (QED) is 0.463. The van der Waals surface area contributed by atoms with Gasteiger partial charge in [-0.25, -0.2) is 4.79 Å². The molecule has 0 spiro atoms. The van der Waals surface area contributed by atoms with E-state index in [4.69, 9.17) is 4.74 Å². The van der Waals surface area contributed by atoms with Crippen molar-refractivity contribution < 1.29 is 14.3 Å². The SMILES string of the molecule is COC(=O)c1ccc(CN(C=Cc2ccc(Br)cc2)C(=O)c2ccccc2)cc1. The molecular weight excluding hydrogens is 430 g/mol. The van der Waals surface area contributed by atoms with E-state index in [0.717, 1.165) is 15.6 Å². The minimum Gasteiger partial charge on any atom is -0.465 e. The van der Waals surface area contributed by atoms with Gasteiger partial charge in [0.2, 0.25) is 0 Å². The van der Waals surface area contributed by atoms with E-state index in [0.29, 0.717) is 17.7 Å². The van der Waals surface area contributed by atoms with Gasteiger partial charge < -0.3 is 9.64 Å². The third-order valence-corrected chi connectivity index (χ3v) is 4.86. The Bertz CT molecular complexity index is 997. The zero-order chi connectivity index (χ0) is 20.6. The number of amides is 1. The minimum atomic E-state index is -0.385. The fourth-order valence-corrected chi connectivity index (χ4v) is 3.01. The molecule has 3 aromatic carbocycles. The molecule has 0 fully saturated rings. The predicted molar refractivity (Wildman–Crippen MR) is 117 cm³/mol. The number of hydrogen-bond acceptors (Lipinski definition) is 3. The Morgan fingerprint density at radius 3 is 2.17 bits per heavy atom. The predicted octanol–water partition coefficient (Wildman–Crippen LogP) is 5.55. The first-order valence-corrected chi connectivity index (χ1v) is 9.83. The molecule has 0 aliphatic rings. The molecule has 0 saturated carbocycles. The zero-order valence-corrected chi connectivity index (χ0v) is 17.5. The van der Waals surface area contributed by atoms with Crippen molar-refractivity contribution in [2.24, 2.45) is 0 Å². The zero-order valence-electron chi connectivity index (χ0n) is 15.9. The maximum absolute atomic E-state index is 13.0. The molecule has 0 aliphatic carbocycles. The second kappa shape index (κ2) is 9.85. The van der Waals surface area contributed by atoms with Crippen LogP contribution in [0.4, 0.5) is 0 Å².